The van der Waals surface area contributed by atoms with E-state index in [1.165, 1.54) is 11.3 Å². The van der Waals surface area contributed by atoms with Crippen molar-refractivity contribution in [2.24, 2.45) is 0 Å². The van der Waals surface area contributed by atoms with Gasteiger partial charge in [0.15, 0.2) is 5.82 Å². The average Bonchev–Trinajstić information content (AvgIpc) is 3.13. The van der Waals surface area contributed by atoms with Crippen LogP contribution < -0.4 is 0 Å². The second-order valence-corrected chi connectivity index (χ2v) is 5.36. The molecular formula is C13H15N5OS. The first-order valence-corrected chi connectivity index (χ1v) is 7.39. The molecule has 0 amide bonds. The van der Waals surface area contributed by atoms with Crippen molar-refractivity contribution < 1.29 is 4.52 Å². The fourth-order valence-corrected chi connectivity index (χ4v) is 2.73. The Morgan fingerprint density at radius 1 is 1.35 bits per heavy atom. The number of thiazole rings is 1. The van der Waals surface area contributed by atoms with Crippen molar-refractivity contribution in [1.82, 2.24) is 24.7 Å². The van der Waals surface area contributed by atoms with Crippen LogP contribution in [-0.2, 0) is 13.0 Å². The van der Waals surface area contributed by atoms with Gasteiger partial charge in [-0.25, -0.2) is 9.97 Å². The van der Waals surface area contributed by atoms with Gasteiger partial charge >= 0.3 is 0 Å². The van der Waals surface area contributed by atoms with Gasteiger partial charge in [0, 0.05) is 18.8 Å². The minimum atomic E-state index is 0.539. The Balaban J connectivity index is 1.81. The fraction of sp³-hybridized carbons (Fsp3) is 0.385. The Labute approximate surface area is 120 Å². The zero-order valence-corrected chi connectivity index (χ0v) is 12.2. The molecule has 20 heavy (non-hydrogen) atoms. The lowest BCUT2D eigenvalue weighted by atomic mass is 10.3. The summed E-state index contributed by atoms with van der Waals surface area (Å²) >= 11 is 1.51. The number of hydrogen-bond acceptors (Lipinski definition) is 6. The zero-order chi connectivity index (χ0) is 13.9. The van der Waals surface area contributed by atoms with Gasteiger partial charge in [0.2, 0.25) is 0 Å². The molecule has 104 valence electrons. The molecular weight excluding hydrogens is 274 g/mol. The Hall–Kier alpha value is -2.02. The van der Waals surface area contributed by atoms with E-state index in [0.717, 1.165) is 29.2 Å². The lowest BCUT2D eigenvalue weighted by Crippen LogP contribution is -2.05. The largest absolute Gasteiger partial charge is 0.333 e. The molecule has 0 radical (unpaired) electrons. The minimum absolute atomic E-state index is 0.539. The van der Waals surface area contributed by atoms with E-state index in [1.807, 2.05) is 13.1 Å². The van der Waals surface area contributed by atoms with Crippen LogP contribution in [0.15, 0.2) is 22.4 Å². The van der Waals surface area contributed by atoms with Crippen LogP contribution in [0, 0.1) is 6.92 Å². The highest BCUT2D eigenvalue weighted by Gasteiger charge is 2.14. The molecule has 7 heteroatoms. The van der Waals surface area contributed by atoms with Crippen LogP contribution in [-0.4, -0.2) is 24.7 Å². The van der Waals surface area contributed by atoms with Gasteiger partial charge < -0.3 is 9.09 Å². The maximum atomic E-state index is 5.31. The van der Waals surface area contributed by atoms with Crippen LogP contribution in [0.25, 0.3) is 10.8 Å². The van der Waals surface area contributed by atoms with Crippen LogP contribution in [0.4, 0.5) is 0 Å². The van der Waals surface area contributed by atoms with E-state index in [9.17, 15) is 0 Å². The van der Waals surface area contributed by atoms with Gasteiger partial charge in [0.25, 0.3) is 5.89 Å². The summed E-state index contributed by atoms with van der Waals surface area (Å²) in [4.78, 5) is 13.9. The Morgan fingerprint density at radius 2 is 2.25 bits per heavy atom. The van der Waals surface area contributed by atoms with Crippen molar-refractivity contribution in [3.8, 4) is 10.8 Å². The maximum absolute atomic E-state index is 5.31. The molecule has 0 unspecified atom stereocenters. The number of nitrogens with zero attached hydrogens (tertiary/aromatic N) is 5. The van der Waals surface area contributed by atoms with E-state index in [-0.39, 0.29) is 0 Å². The first-order chi connectivity index (χ1) is 9.78. The highest BCUT2D eigenvalue weighted by atomic mass is 32.1. The molecule has 0 aliphatic rings. The topological polar surface area (TPSA) is 69.6 Å². The van der Waals surface area contributed by atoms with Crippen molar-refractivity contribution in [2.45, 2.75) is 33.2 Å². The normalized spacial score (nSPS) is 11.1. The molecule has 0 aromatic carbocycles. The van der Waals surface area contributed by atoms with Crippen molar-refractivity contribution in [2.75, 3.05) is 0 Å². The van der Waals surface area contributed by atoms with Gasteiger partial charge in [-0.3, -0.25) is 0 Å². The summed E-state index contributed by atoms with van der Waals surface area (Å²) in [5, 5.41) is 4.03. The average molecular weight is 289 g/mol. The summed E-state index contributed by atoms with van der Waals surface area (Å²) in [5.74, 6) is 2.24. The first-order valence-electron chi connectivity index (χ1n) is 6.51. The van der Waals surface area contributed by atoms with Gasteiger partial charge in [-0.2, -0.15) is 4.98 Å². The number of imidazole rings is 1. The molecule has 3 aromatic heterocycles. The smallest absolute Gasteiger partial charge is 0.269 e. The van der Waals surface area contributed by atoms with E-state index in [0.29, 0.717) is 18.3 Å². The Morgan fingerprint density at radius 3 is 3.00 bits per heavy atom. The quantitative estimate of drug-likeness (QED) is 0.722. The molecule has 0 spiro atoms. The summed E-state index contributed by atoms with van der Waals surface area (Å²) in [6, 6.07) is 0. The summed E-state index contributed by atoms with van der Waals surface area (Å²) in [6.07, 6.45) is 5.76. The number of rotatable bonds is 5. The second-order valence-electron chi connectivity index (χ2n) is 4.50. The fourth-order valence-electron chi connectivity index (χ4n) is 2.01. The van der Waals surface area contributed by atoms with Crippen molar-refractivity contribution in [3.05, 3.63) is 35.2 Å². The standard InChI is InChI=1S/C13H15N5OS/c1-3-4-11-14-5-6-18(11)7-10-16-13(19-17-10)12-9(2)15-8-20-12/h5-6,8H,3-4,7H2,1-2H3. The third-order valence-corrected chi connectivity index (χ3v) is 3.91. The van der Waals surface area contributed by atoms with Crippen LogP contribution >= 0.6 is 11.3 Å². The van der Waals surface area contributed by atoms with E-state index < -0.39 is 0 Å². The molecule has 0 bridgehead atoms. The molecule has 0 saturated heterocycles. The SMILES string of the molecule is CCCc1nccn1Cc1noc(-c2scnc2C)n1. The van der Waals surface area contributed by atoms with Crippen LogP contribution in [0.5, 0.6) is 0 Å². The Kier molecular flexibility index (Phi) is 3.60. The second kappa shape index (κ2) is 5.54. The van der Waals surface area contributed by atoms with Gasteiger partial charge in [0.1, 0.15) is 10.7 Å². The van der Waals surface area contributed by atoms with Crippen molar-refractivity contribution in [1.29, 1.82) is 0 Å². The summed E-state index contributed by atoms with van der Waals surface area (Å²) in [7, 11) is 0. The van der Waals surface area contributed by atoms with Crippen LogP contribution in [0.3, 0.4) is 0 Å². The lowest BCUT2D eigenvalue weighted by molar-refractivity contribution is 0.420. The maximum Gasteiger partial charge on any atom is 0.269 e. The van der Waals surface area contributed by atoms with Gasteiger partial charge in [0.05, 0.1) is 17.7 Å². The number of aromatic nitrogens is 5. The molecule has 6 nitrogen and oxygen atoms in total. The molecule has 0 atom stereocenters. The molecule has 0 aliphatic carbocycles. The predicted octanol–water partition coefficient (Wildman–Crippen LogP) is 2.70. The Bertz CT molecular complexity index is 699. The summed E-state index contributed by atoms with van der Waals surface area (Å²) in [6.45, 7) is 4.65. The van der Waals surface area contributed by atoms with Crippen LogP contribution in [0.1, 0.15) is 30.7 Å². The van der Waals surface area contributed by atoms with Gasteiger partial charge in [-0.05, 0) is 13.3 Å². The third-order valence-electron chi connectivity index (χ3n) is 2.99. The highest BCUT2D eigenvalue weighted by molar-refractivity contribution is 7.13. The lowest BCUT2D eigenvalue weighted by Gasteiger charge is -2.02. The van der Waals surface area contributed by atoms with Gasteiger partial charge in [-0.1, -0.05) is 12.1 Å². The summed E-state index contributed by atoms with van der Waals surface area (Å²) < 4.78 is 7.37. The van der Waals surface area contributed by atoms with Crippen molar-refractivity contribution >= 4 is 11.3 Å². The van der Waals surface area contributed by atoms with Crippen molar-refractivity contribution in [3.63, 3.8) is 0 Å². The van der Waals surface area contributed by atoms with E-state index in [1.54, 1.807) is 11.7 Å². The van der Waals surface area contributed by atoms with E-state index >= 15 is 0 Å². The molecule has 3 heterocycles. The van der Waals surface area contributed by atoms with Gasteiger partial charge in [-0.15, -0.1) is 11.3 Å². The minimum Gasteiger partial charge on any atom is -0.333 e. The molecule has 3 aromatic rings. The molecule has 0 N–H and O–H groups in total. The zero-order valence-electron chi connectivity index (χ0n) is 11.4. The first kappa shape index (κ1) is 13.0. The molecule has 0 aliphatic heterocycles. The number of hydrogen-bond donors (Lipinski definition) is 0. The monoisotopic (exact) mass is 289 g/mol. The highest BCUT2D eigenvalue weighted by Crippen LogP contribution is 2.25. The molecule has 0 saturated carbocycles. The number of aryl methyl sites for hydroxylation is 2. The third kappa shape index (κ3) is 2.49. The van der Waals surface area contributed by atoms with E-state index in [2.05, 4.69) is 31.6 Å². The van der Waals surface area contributed by atoms with E-state index in [4.69, 9.17) is 4.52 Å². The molecule has 3 rings (SSSR count). The van der Waals surface area contributed by atoms with Crippen LogP contribution in [0.2, 0.25) is 0 Å². The summed E-state index contributed by atoms with van der Waals surface area (Å²) in [5.41, 5.74) is 2.70. The molecule has 0 fully saturated rings. The predicted molar refractivity (Wildman–Crippen MR) is 75.5 cm³/mol.